The highest BCUT2D eigenvalue weighted by Crippen LogP contribution is 2.44. The van der Waals surface area contributed by atoms with Crippen LogP contribution < -0.4 is 4.74 Å². The molecular formula is C27H29NO3S. The van der Waals surface area contributed by atoms with E-state index in [0.29, 0.717) is 31.2 Å². The number of ether oxygens (including phenoxy) is 1. The molecule has 2 unspecified atom stereocenters. The average molecular weight is 448 g/mol. The van der Waals surface area contributed by atoms with Crippen LogP contribution in [0.3, 0.4) is 0 Å². The second-order valence-corrected chi connectivity index (χ2v) is 10.7. The van der Waals surface area contributed by atoms with Crippen molar-refractivity contribution in [2.75, 3.05) is 13.2 Å². The number of aliphatic hydroxyl groups is 1. The van der Waals surface area contributed by atoms with Gasteiger partial charge in [-0.3, -0.25) is 4.90 Å². The smallest absolute Gasteiger partial charge is 0.137 e. The summed E-state index contributed by atoms with van der Waals surface area (Å²) in [7, 11) is 0. The zero-order valence-electron chi connectivity index (χ0n) is 18.4. The fourth-order valence-electron chi connectivity index (χ4n) is 5.87. The predicted molar refractivity (Wildman–Crippen MR) is 130 cm³/mol. The SMILES string of the molecule is Cc1cc2cc(C3CC4CCC(C3)N4C[C@H](O)COc3cccc4occc34)ccc2s1. The van der Waals surface area contributed by atoms with Crippen molar-refractivity contribution >= 4 is 32.4 Å². The lowest BCUT2D eigenvalue weighted by atomic mass is 9.84. The molecule has 4 heterocycles. The average Bonchev–Trinajstić information content (AvgIpc) is 3.46. The molecule has 0 aliphatic carbocycles. The first-order chi connectivity index (χ1) is 15.6. The zero-order chi connectivity index (χ0) is 21.7. The van der Waals surface area contributed by atoms with E-state index in [1.165, 1.54) is 46.2 Å². The first-order valence-corrected chi connectivity index (χ1v) is 12.5. The summed E-state index contributed by atoms with van der Waals surface area (Å²) in [5, 5.41) is 13.1. The molecule has 4 aromatic rings. The molecule has 32 heavy (non-hydrogen) atoms. The maximum absolute atomic E-state index is 10.8. The summed E-state index contributed by atoms with van der Waals surface area (Å²) >= 11 is 1.88. The van der Waals surface area contributed by atoms with Crippen molar-refractivity contribution < 1.29 is 14.3 Å². The van der Waals surface area contributed by atoms with Crippen molar-refractivity contribution in [1.29, 1.82) is 0 Å². The molecule has 2 saturated heterocycles. The van der Waals surface area contributed by atoms with Crippen LogP contribution in [0.2, 0.25) is 0 Å². The molecule has 6 rings (SSSR count). The Balaban J connectivity index is 1.10. The standard InChI is InChI=1S/C27H29NO3S/c1-17-11-20-12-18(5-8-27(20)32-17)19-13-21-6-7-22(14-19)28(21)15-23(29)16-31-26-4-2-3-25-24(26)9-10-30-25/h2-5,8-12,19,21-23,29H,6-7,13-16H2,1H3/t19?,21?,22?,23-/m0/s1. The molecule has 0 amide bonds. The molecule has 0 radical (unpaired) electrons. The van der Waals surface area contributed by atoms with Crippen LogP contribution in [0.1, 0.15) is 42.0 Å². The molecule has 1 N–H and O–H groups in total. The number of thiophene rings is 1. The van der Waals surface area contributed by atoms with Gasteiger partial charge in [0.15, 0.2) is 0 Å². The number of furan rings is 1. The van der Waals surface area contributed by atoms with Crippen molar-refractivity contribution in [3.8, 4) is 5.75 Å². The number of fused-ring (bicyclic) bond motifs is 4. The highest BCUT2D eigenvalue weighted by Gasteiger charge is 2.41. The van der Waals surface area contributed by atoms with Gasteiger partial charge in [0.1, 0.15) is 24.0 Å². The van der Waals surface area contributed by atoms with E-state index in [1.54, 1.807) is 6.26 Å². The maximum Gasteiger partial charge on any atom is 0.137 e. The molecule has 2 bridgehead atoms. The molecule has 2 aliphatic heterocycles. The normalized spacial score (nSPS) is 24.4. The Labute approximate surface area is 192 Å². The summed E-state index contributed by atoms with van der Waals surface area (Å²) in [6.45, 7) is 3.18. The second kappa shape index (κ2) is 8.22. The summed E-state index contributed by atoms with van der Waals surface area (Å²) in [6, 6.07) is 18.2. The number of rotatable bonds is 6. The van der Waals surface area contributed by atoms with E-state index >= 15 is 0 Å². The van der Waals surface area contributed by atoms with Gasteiger partial charge in [-0.15, -0.1) is 11.3 Å². The minimum absolute atomic E-state index is 0.303. The van der Waals surface area contributed by atoms with E-state index in [9.17, 15) is 5.11 Å². The van der Waals surface area contributed by atoms with Gasteiger partial charge in [-0.05, 0) is 79.8 Å². The van der Waals surface area contributed by atoms with Crippen LogP contribution in [0.4, 0.5) is 0 Å². The van der Waals surface area contributed by atoms with Gasteiger partial charge < -0.3 is 14.3 Å². The van der Waals surface area contributed by atoms with Gasteiger partial charge in [0, 0.05) is 28.2 Å². The van der Waals surface area contributed by atoms with E-state index in [2.05, 4.69) is 36.1 Å². The lowest BCUT2D eigenvalue weighted by Crippen LogP contribution is -2.47. The van der Waals surface area contributed by atoms with Crippen molar-refractivity contribution in [2.24, 2.45) is 0 Å². The molecular weight excluding hydrogens is 418 g/mol. The minimum atomic E-state index is -0.498. The Morgan fingerprint density at radius 2 is 1.97 bits per heavy atom. The Morgan fingerprint density at radius 1 is 1.12 bits per heavy atom. The van der Waals surface area contributed by atoms with Gasteiger partial charge in [-0.25, -0.2) is 0 Å². The number of piperidine rings is 1. The topological polar surface area (TPSA) is 45.8 Å². The number of hydrogen-bond acceptors (Lipinski definition) is 5. The molecule has 2 aliphatic rings. The van der Waals surface area contributed by atoms with Gasteiger partial charge in [0.05, 0.1) is 11.6 Å². The quantitative estimate of drug-likeness (QED) is 0.388. The van der Waals surface area contributed by atoms with E-state index in [-0.39, 0.29) is 0 Å². The highest BCUT2D eigenvalue weighted by atomic mass is 32.1. The Bertz CT molecular complexity index is 1230. The van der Waals surface area contributed by atoms with Crippen LogP contribution in [0, 0.1) is 6.92 Å². The Hall–Kier alpha value is -2.34. The van der Waals surface area contributed by atoms with Crippen molar-refractivity contribution in [3.05, 3.63) is 65.2 Å². The molecule has 3 atom stereocenters. The Morgan fingerprint density at radius 3 is 2.81 bits per heavy atom. The fraction of sp³-hybridized carbons (Fsp3) is 0.407. The predicted octanol–water partition coefficient (Wildman–Crippen LogP) is 6.11. The van der Waals surface area contributed by atoms with Crippen LogP contribution >= 0.6 is 11.3 Å². The van der Waals surface area contributed by atoms with Crippen molar-refractivity contribution in [1.82, 2.24) is 4.90 Å². The molecule has 0 spiro atoms. The first kappa shape index (κ1) is 20.3. The first-order valence-electron chi connectivity index (χ1n) is 11.7. The lowest BCUT2D eigenvalue weighted by molar-refractivity contribution is 0.0321. The lowest BCUT2D eigenvalue weighted by Gasteiger charge is -2.40. The van der Waals surface area contributed by atoms with Crippen molar-refractivity contribution in [2.45, 2.75) is 56.7 Å². The van der Waals surface area contributed by atoms with Crippen molar-refractivity contribution in [3.63, 3.8) is 0 Å². The molecule has 4 nitrogen and oxygen atoms in total. The van der Waals surface area contributed by atoms with Crippen LogP contribution in [-0.2, 0) is 0 Å². The van der Waals surface area contributed by atoms with E-state index < -0.39 is 6.10 Å². The summed E-state index contributed by atoms with van der Waals surface area (Å²) < 4.78 is 12.8. The largest absolute Gasteiger partial charge is 0.490 e. The van der Waals surface area contributed by atoms with E-state index in [1.807, 2.05) is 35.6 Å². The van der Waals surface area contributed by atoms with E-state index in [0.717, 1.165) is 16.7 Å². The third-order valence-electron chi connectivity index (χ3n) is 7.33. The molecule has 2 aromatic carbocycles. The van der Waals surface area contributed by atoms with Gasteiger partial charge in [0.2, 0.25) is 0 Å². The second-order valence-electron chi connectivity index (χ2n) is 9.46. The zero-order valence-corrected chi connectivity index (χ0v) is 19.2. The molecule has 2 aromatic heterocycles. The number of nitrogens with zero attached hydrogens (tertiary/aromatic N) is 1. The van der Waals surface area contributed by atoms with Gasteiger partial charge in [-0.1, -0.05) is 18.2 Å². The third-order valence-corrected chi connectivity index (χ3v) is 8.36. The van der Waals surface area contributed by atoms with Gasteiger partial charge >= 0.3 is 0 Å². The number of aryl methyl sites for hydroxylation is 1. The summed E-state index contributed by atoms with van der Waals surface area (Å²) in [6.07, 6.45) is 6.03. The molecule has 5 heteroatoms. The molecule has 0 saturated carbocycles. The van der Waals surface area contributed by atoms with Crippen LogP contribution in [-0.4, -0.2) is 41.3 Å². The van der Waals surface area contributed by atoms with Crippen LogP contribution in [0.25, 0.3) is 21.1 Å². The fourth-order valence-corrected chi connectivity index (χ4v) is 6.77. The highest BCUT2D eigenvalue weighted by molar-refractivity contribution is 7.19. The minimum Gasteiger partial charge on any atom is -0.490 e. The number of hydrogen-bond donors (Lipinski definition) is 1. The molecule has 166 valence electrons. The van der Waals surface area contributed by atoms with E-state index in [4.69, 9.17) is 9.15 Å². The van der Waals surface area contributed by atoms with Gasteiger partial charge in [-0.2, -0.15) is 0 Å². The monoisotopic (exact) mass is 447 g/mol. The third kappa shape index (κ3) is 3.72. The number of aliphatic hydroxyl groups excluding tert-OH is 1. The summed E-state index contributed by atoms with van der Waals surface area (Å²) in [5.74, 6) is 1.40. The maximum atomic E-state index is 10.8. The van der Waals surface area contributed by atoms with Crippen LogP contribution in [0.15, 0.2) is 59.2 Å². The van der Waals surface area contributed by atoms with Gasteiger partial charge in [0.25, 0.3) is 0 Å². The van der Waals surface area contributed by atoms with Crippen LogP contribution in [0.5, 0.6) is 5.75 Å². The summed E-state index contributed by atoms with van der Waals surface area (Å²) in [5.41, 5.74) is 2.30. The molecule has 2 fully saturated rings. The number of benzene rings is 2. The summed E-state index contributed by atoms with van der Waals surface area (Å²) in [4.78, 5) is 3.93. The Kier molecular flexibility index (Phi) is 5.21.